The number of methoxy groups -OCH3 is 1. The van der Waals surface area contributed by atoms with Gasteiger partial charge in [0.15, 0.2) is 11.5 Å². The summed E-state index contributed by atoms with van der Waals surface area (Å²) in [6.07, 6.45) is 1.26. The molecule has 0 saturated heterocycles. The van der Waals surface area contributed by atoms with Crippen molar-refractivity contribution in [1.29, 1.82) is 0 Å². The van der Waals surface area contributed by atoms with Crippen molar-refractivity contribution in [3.8, 4) is 11.5 Å². The van der Waals surface area contributed by atoms with Gasteiger partial charge in [0.2, 0.25) is 0 Å². The molecule has 26 heavy (non-hydrogen) atoms. The van der Waals surface area contributed by atoms with Crippen LogP contribution >= 0.6 is 0 Å². The Labute approximate surface area is 150 Å². The number of hydrogen-bond donors (Lipinski definition) is 3. The van der Waals surface area contributed by atoms with E-state index in [1.807, 2.05) is 6.92 Å². The highest BCUT2D eigenvalue weighted by Gasteiger charge is 2.15. The molecule has 4 N–H and O–H groups in total. The molecule has 2 aromatic rings. The summed E-state index contributed by atoms with van der Waals surface area (Å²) in [6.45, 7) is 1.83. The van der Waals surface area contributed by atoms with Gasteiger partial charge in [0.25, 0.3) is 5.96 Å². The second kappa shape index (κ2) is 8.21. The summed E-state index contributed by atoms with van der Waals surface area (Å²) in [5.74, 6) is -0.211. The molecule has 2 aromatic carbocycles. The van der Waals surface area contributed by atoms with Crippen LogP contribution in [0.4, 0.5) is 0 Å². The Morgan fingerprint density at radius 2 is 1.92 bits per heavy atom. The molecule has 0 aromatic heterocycles. The summed E-state index contributed by atoms with van der Waals surface area (Å²) in [6, 6.07) is 10.9. The molecule has 0 spiro atoms. The predicted molar refractivity (Wildman–Crippen MR) is 96.5 cm³/mol. The Morgan fingerprint density at radius 3 is 2.58 bits per heavy atom. The first kappa shape index (κ1) is 19.1. The molecule has 0 aliphatic rings. The van der Waals surface area contributed by atoms with Gasteiger partial charge in [-0.2, -0.15) is 13.5 Å². The Bertz CT molecular complexity index is 924. The first-order valence-corrected chi connectivity index (χ1v) is 8.73. The first-order valence-electron chi connectivity index (χ1n) is 7.32. The molecule has 0 radical (unpaired) electrons. The van der Waals surface area contributed by atoms with Crippen LogP contribution in [0.3, 0.4) is 0 Å². The smallest absolute Gasteiger partial charge is 0.358 e. The summed E-state index contributed by atoms with van der Waals surface area (Å²) in [7, 11) is -2.66. The van der Waals surface area contributed by atoms with Gasteiger partial charge in [0.05, 0.1) is 13.3 Å². The quantitative estimate of drug-likeness (QED) is 0.391. The summed E-state index contributed by atoms with van der Waals surface area (Å²) in [5, 5.41) is 16.9. The van der Waals surface area contributed by atoms with Crippen molar-refractivity contribution < 1.29 is 22.5 Å². The van der Waals surface area contributed by atoms with Crippen molar-refractivity contribution in [2.75, 3.05) is 7.11 Å². The molecule has 0 aliphatic heterocycles. The van der Waals surface area contributed by atoms with Crippen LogP contribution in [-0.2, 0) is 14.4 Å². The fraction of sp³-hybridized carbons (Fsp3) is 0.125. The van der Waals surface area contributed by atoms with E-state index >= 15 is 0 Å². The number of aryl methyl sites for hydroxylation is 1. The fourth-order valence-corrected chi connectivity index (χ4v) is 2.57. The average molecular weight is 378 g/mol. The predicted octanol–water partition coefficient (Wildman–Crippen LogP) is 1.27. The van der Waals surface area contributed by atoms with Crippen molar-refractivity contribution in [3.63, 3.8) is 0 Å². The van der Waals surface area contributed by atoms with E-state index in [-0.39, 0.29) is 22.4 Å². The van der Waals surface area contributed by atoms with E-state index in [4.69, 9.17) is 10.5 Å². The molecule has 10 heteroatoms. The average Bonchev–Trinajstić information content (AvgIpc) is 2.62. The molecule has 0 unspecified atom stereocenters. The van der Waals surface area contributed by atoms with Crippen molar-refractivity contribution >= 4 is 22.3 Å². The second-order valence-electron chi connectivity index (χ2n) is 5.09. The molecule has 138 valence electrons. The largest absolute Gasteiger partial charge is 0.504 e. The van der Waals surface area contributed by atoms with E-state index in [0.717, 1.165) is 5.56 Å². The van der Waals surface area contributed by atoms with Crippen LogP contribution in [0.1, 0.15) is 11.1 Å². The number of phenols is 1. The molecule has 0 bridgehead atoms. The van der Waals surface area contributed by atoms with Gasteiger partial charge in [0, 0.05) is 5.56 Å². The fourth-order valence-electron chi connectivity index (χ4n) is 1.83. The van der Waals surface area contributed by atoms with E-state index in [1.54, 1.807) is 30.3 Å². The standard InChI is InChI=1S/C16H18N4O5S/c1-11-6-8-13(9-7-11)26(22,23)25-20-16(17)19-18-10-12-4-3-5-14(24-2)15(12)21/h3-10,21H,1-2H3,(H3,17,19,20). The number of phenolic OH excluding ortho intramolecular Hbond substituents is 1. The normalized spacial score (nSPS) is 12.2. The monoisotopic (exact) mass is 378 g/mol. The number of rotatable bonds is 6. The number of aromatic hydroxyl groups is 1. The van der Waals surface area contributed by atoms with Gasteiger partial charge in [-0.25, -0.2) is 5.43 Å². The van der Waals surface area contributed by atoms with Gasteiger partial charge in [-0.3, -0.25) is 4.28 Å². The number of hydrazone groups is 1. The third kappa shape index (κ3) is 4.86. The highest BCUT2D eigenvalue weighted by Crippen LogP contribution is 2.27. The summed E-state index contributed by atoms with van der Waals surface area (Å²) < 4.78 is 33.4. The SMILES string of the molecule is COc1cccc(C=NNC(N)=NOS(=O)(=O)c2ccc(C)cc2)c1O. The number of nitrogens with zero attached hydrogens (tertiary/aromatic N) is 2. The maximum Gasteiger partial charge on any atom is 0.358 e. The Kier molecular flexibility index (Phi) is 6.02. The van der Waals surface area contributed by atoms with Gasteiger partial charge in [-0.05, 0) is 36.3 Å². The molecular formula is C16H18N4O5S. The molecule has 2 rings (SSSR count). The lowest BCUT2D eigenvalue weighted by molar-refractivity contribution is 0.336. The molecule has 9 nitrogen and oxygen atoms in total. The maximum absolute atomic E-state index is 12.0. The number of ether oxygens (including phenoxy) is 1. The van der Waals surface area contributed by atoms with E-state index < -0.39 is 10.1 Å². The van der Waals surface area contributed by atoms with E-state index in [2.05, 4.69) is 20.0 Å². The van der Waals surface area contributed by atoms with Crippen molar-refractivity contribution in [2.24, 2.45) is 16.0 Å². The summed E-state index contributed by atoms with van der Waals surface area (Å²) in [5.41, 5.74) is 9.04. The van der Waals surface area contributed by atoms with Gasteiger partial charge >= 0.3 is 10.1 Å². The van der Waals surface area contributed by atoms with Crippen LogP contribution in [-0.4, -0.2) is 32.8 Å². The molecule has 0 amide bonds. The number of benzene rings is 2. The zero-order chi connectivity index (χ0) is 19.2. The number of guanidine groups is 1. The molecule has 0 saturated carbocycles. The van der Waals surface area contributed by atoms with E-state index in [1.165, 1.54) is 25.5 Å². The van der Waals surface area contributed by atoms with Gasteiger partial charge in [-0.1, -0.05) is 23.8 Å². The lowest BCUT2D eigenvalue weighted by Gasteiger charge is -2.05. The minimum Gasteiger partial charge on any atom is -0.504 e. The summed E-state index contributed by atoms with van der Waals surface area (Å²) >= 11 is 0. The highest BCUT2D eigenvalue weighted by molar-refractivity contribution is 7.86. The minimum atomic E-state index is -4.08. The zero-order valence-electron chi connectivity index (χ0n) is 14.1. The van der Waals surface area contributed by atoms with E-state index in [9.17, 15) is 13.5 Å². The van der Waals surface area contributed by atoms with Gasteiger partial charge < -0.3 is 15.6 Å². The van der Waals surface area contributed by atoms with Crippen molar-refractivity contribution in [1.82, 2.24) is 5.43 Å². The third-order valence-corrected chi connectivity index (χ3v) is 4.30. The molecule has 0 atom stereocenters. The minimum absolute atomic E-state index is 0.0514. The van der Waals surface area contributed by atoms with E-state index in [0.29, 0.717) is 5.56 Å². The Balaban J connectivity index is 2.01. The molecule has 0 fully saturated rings. The van der Waals surface area contributed by atoms with Crippen LogP contribution in [0.5, 0.6) is 11.5 Å². The summed E-state index contributed by atoms with van der Waals surface area (Å²) in [4.78, 5) is -0.0514. The van der Waals surface area contributed by atoms with Crippen LogP contribution < -0.4 is 15.9 Å². The highest BCUT2D eigenvalue weighted by atomic mass is 32.2. The first-order chi connectivity index (χ1) is 12.3. The maximum atomic E-state index is 12.0. The topological polar surface area (TPSA) is 136 Å². The number of nitrogens with two attached hydrogens (primary N) is 1. The lowest BCUT2D eigenvalue weighted by atomic mass is 10.2. The number of para-hydroxylation sites is 1. The van der Waals surface area contributed by atoms with Crippen LogP contribution in [0.2, 0.25) is 0 Å². The van der Waals surface area contributed by atoms with Crippen LogP contribution in [0, 0.1) is 6.92 Å². The van der Waals surface area contributed by atoms with Crippen LogP contribution in [0.15, 0.2) is 57.6 Å². The van der Waals surface area contributed by atoms with Gasteiger partial charge in [0.1, 0.15) is 4.90 Å². The lowest BCUT2D eigenvalue weighted by Crippen LogP contribution is -2.28. The van der Waals surface area contributed by atoms with Crippen molar-refractivity contribution in [3.05, 3.63) is 53.6 Å². The number of oxime groups is 1. The third-order valence-electron chi connectivity index (χ3n) is 3.18. The Hall–Kier alpha value is -3.27. The number of nitrogens with one attached hydrogen (secondary N) is 1. The van der Waals surface area contributed by atoms with Crippen molar-refractivity contribution in [2.45, 2.75) is 11.8 Å². The zero-order valence-corrected chi connectivity index (χ0v) is 14.9. The molecule has 0 aliphatic carbocycles. The number of hydrogen-bond acceptors (Lipinski definition) is 7. The molecule has 0 heterocycles. The van der Waals surface area contributed by atoms with Crippen LogP contribution in [0.25, 0.3) is 0 Å². The molecular weight excluding hydrogens is 360 g/mol. The second-order valence-corrected chi connectivity index (χ2v) is 6.62. The van der Waals surface area contributed by atoms with Gasteiger partial charge in [-0.15, -0.1) is 0 Å². The Morgan fingerprint density at radius 1 is 1.23 bits per heavy atom.